The summed E-state index contributed by atoms with van der Waals surface area (Å²) in [6, 6.07) is 4.58. The fourth-order valence-corrected chi connectivity index (χ4v) is 1.13. The Morgan fingerprint density at radius 2 is 2.19 bits per heavy atom. The Balaban J connectivity index is 3.00. The molecule has 1 aromatic carbocycles. The van der Waals surface area contributed by atoms with E-state index >= 15 is 0 Å². The topological polar surface area (TPSA) is 55.8 Å². The van der Waals surface area contributed by atoms with Crippen molar-refractivity contribution in [3.05, 3.63) is 35.9 Å². The number of ether oxygens (including phenoxy) is 2. The molecule has 0 aliphatic heterocycles. The van der Waals surface area contributed by atoms with Crippen molar-refractivity contribution in [2.24, 2.45) is 0 Å². The van der Waals surface area contributed by atoms with E-state index in [-0.39, 0.29) is 17.9 Å². The smallest absolute Gasteiger partial charge is 0.339 e. The second-order valence-corrected chi connectivity index (χ2v) is 3.41. The van der Waals surface area contributed by atoms with Crippen molar-refractivity contribution in [1.82, 2.24) is 0 Å². The molecular weight excluding hydrogens is 208 g/mol. The number of aromatic carboxylic acids is 1. The lowest BCUT2D eigenvalue weighted by Crippen LogP contribution is -2.05. The Morgan fingerprint density at radius 1 is 1.50 bits per heavy atom. The molecule has 0 aromatic heterocycles. The van der Waals surface area contributed by atoms with E-state index in [4.69, 9.17) is 14.6 Å². The minimum absolute atomic E-state index is 0.113. The minimum atomic E-state index is -1.03. The predicted molar refractivity (Wildman–Crippen MR) is 60.3 cm³/mol. The van der Waals surface area contributed by atoms with Crippen LogP contribution in [0.25, 0.3) is 0 Å². The van der Waals surface area contributed by atoms with Crippen LogP contribution in [0.5, 0.6) is 11.5 Å². The van der Waals surface area contributed by atoms with Gasteiger partial charge in [-0.1, -0.05) is 6.58 Å². The van der Waals surface area contributed by atoms with Gasteiger partial charge < -0.3 is 14.6 Å². The van der Waals surface area contributed by atoms with Crippen molar-refractivity contribution >= 4 is 5.97 Å². The van der Waals surface area contributed by atoms with Gasteiger partial charge in [0.15, 0.2) is 0 Å². The van der Waals surface area contributed by atoms with Gasteiger partial charge in [0.1, 0.15) is 23.7 Å². The quantitative estimate of drug-likeness (QED) is 0.777. The van der Waals surface area contributed by atoms with Gasteiger partial charge in [-0.05, 0) is 24.6 Å². The Labute approximate surface area is 94.1 Å². The number of carbonyl (C=O) groups is 1. The Kier molecular flexibility index (Phi) is 3.94. The molecule has 0 bridgehead atoms. The summed E-state index contributed by atoms with van der Waals surface area (Å²) in [6.45, 7) is 5.77. The number of benzene rings is 1. The highest BCUT2D eigenvalue weighted by Crippen LogP contribution is 2.25. The van der Waals surface area contributed by atoms with E-state index in [9.17, 15) is 4.79 Å². The van der Waals surface area contributed by atoms with Crippen LogP contribution in [0.2, 0.25) is 0 Å². The molecule has 0 saturated heterocycles. The lowest BCUT2D eigenvalue weighted by atomic mass is 10.2. The molecule has 4 nitrogen and oxygen atoms in total. The standard InChI is InChI=1S/C12H14O4/c1-8(2)7-16-11-6-9(15-3)4-5-10(11)12(13)14/h4-6H,1,7H2,2-3H3,(H,13,14). The van der Waals surface area contributed by atoms with Crippen LogP contribution in [-0.4, -0.2) is 24.8 Å². The van der Waals surface area contributed by atoms with E-state index in [1.54, 1.807) is 19.1 Å². The van der Waals surface area contributed by atoms with E-state index < -0.39 is 5.97 Å². The first-order valence-corrected chi connectivity index (χ1v) is 4.73. The molecule has 1 rings (SSSR count). The molecule has 0 aliphatic rings. The monoisotopic (exact) mass is 222 g/mol. The molecule has 0 heterocycles. The van der Waals surface area contributed by atoms with Crippen LogP contribution in [0.4, 0.5) is 0 Å². The number of hydrogen-bond acceptors (Lipinski definition) is 3. The summed E-state index contributed by atoms with van der Waals surface area (Å²) in [5.41, 5.74) is 0.932. The molecule has 86 valence electrons. The van der Waals surface area contributed by atoms with Gasteiger partial charge in [0.05, 0.1) is 7.11 Å². The fourth-order valence-electron chi connectivity index (χ4n) is 1.13. The SMILES string of the molecule is C=C(C)COc1cc(OC)ccc1C(=O)O. The first-order chi connectivity index (χ1) is 7.54. The first kappa shape index (κ1) is 12.1. The maximum Gasteiger partial charge on any atom is 0.339 e. The van der Waals surface area contributed by atoms with E-state index in [1.165, 1.54) is 13.2 Å². The number of rotatable bonds is 5. The molecule has 0 amide bonds. The highest BCUT2D eigenvalue weighted by molar-refractivity contribution is 5.91. The van der Waals surface area contributed by atoms with Crippen LogP contribution in [0.15, 0.2) is 30.4 Å². The Hall–Kier alpha value is -1.97. The van der Waals surface area contributed by atoms with Gasteiger partial charge in [0.25, 0.3) is 0 Å². The molecule has 0 spiro atoms. The second kappa shape index (κ2) is 5.21. The summed E-state index contributed by atoms with van der Waals surface area (Å²) in [7, 11) is 1.51. The van der Waals surface area contributed by atoms with Crippen LogP contribution < -0.4 is 9.47 Å². The number of carboxylic acids is 1. The molecule has 4 heteroatoms. The molecule has 0 atom stereocenters. The maximum absolute atomic E-state index is 10.9. The van der Waals surface area contributed by atoms with Crippen molar-refractivity contribution in [1.29, 1.82) is 0 Å². The number of carboxylic acid groups (broad SMARTS) is 1. The molecule has 0 fully saturated rings. The zero-order valence-corrected chi connectivity index (χ0v) is 9.32. The molecule has 0 saturated carbocycles. The lowest BCUT2D eigenvalue weighted by Gasteiger charge is -2.10. The van der Waals surface area contributed by atoms with Crippen LogP contribution in [0, 0.1) is 0 Å². The van der Waals surface area contributed by atoms with Gasteiger partial charge in [-0.2, -0.15) is 0 Å². The largest absolute Gasteiger partial charge is 0.497 e. The fraction of sp³-hybridized carbons (Fsp3) is 0.250. The van der Waals surface area contributed by atoms with Crippen LogP contribution >= 0.6 is 0 Å². The van der Waals surface area contributed by atoms with Crippen molar-refractivity contribution in [3.63, 3.8) is 0 Å². The van der Waals surface area contributed by atoms with Gasteiger partial charge in [0, 0.05) is 6.07 Å². The third-order valence-corrected chi connectivity index (χ3v) is 1.89. The molecule has 1 aromatic rings. The van der Waals surface area contributed by atoms with E-state index in [1.807, 2.05) is 0 Å². The number of hydrogen-bond donors (Lipinski definition) is 1. The Morgan fingerprint density at radius 3 is 2.69 bits per heavy atom. The normalized spacial score (nSPS) is 9.62. The summed E-state index contributed by atoms with van der Waals surface area (Å²) in [4.78, 5) is 10.9. The van der Waals surface area contributed by atoms with Gasteiger partial charge in [-0.15, -0.1) is 0 Å². The summed E-state index contributed by atoms with van der Waals surface area (Å²) >= 11 is 0. The van der Waals surface area contributed by atoms with Crippen LogP contribution in [0.3, 0.4) is 0 Å². The highest BCUT2D eigenvalue weighted by Gasteiger charge is 2.12. The second-order valence-electron chi connectivity index (χ2n) is 3.41. The van der Waals surface area contributed by atoms with Gasteiger partial charge in [0.2, 0.25) is 0 Å². The van der Waals surface area contributed by atoms with E-state index in [0.717, 1.165) is 5.57 Å². The third kappa shape index (κ3) is 3.02. The average molecular weight is 222 g/mol. The van der Waals surface area contributed by atoms with Crippen molar-refractivity contribution in [3.8, 4) is 11.5 Å². The van der Waals surface area contributed by atoms with Gasteiger partial charge in [-0.3, -0.25) is 0 Å². The van der Waals surface area contributed by atoms with E-state index in [0.29, 0.717) is 5.75 Å². The minimum Gasteiger partial charge on any atom is -0.497 e. The zero-order valence-electron chi connectivity index (χ0n) is 9.32. The van der Waals surface area contributed by atoms with Gasteiger partial charge >= 0.3 is 5.97 Å². The molecule has 0 radical (unpaired) electrons. The van der Waals surface area contributed by atoms with Crippen molar-refractivity contribution in [2.45, 2.75) is 6.92 Å². The lowest BCUT2D eigenvalue weighted by molar-refractivity contribution is 0.0692. The first-order valence-electron chi connectivity index (χ1n) is 4.73. The summed E-state index contributed by atoms with van der Waals surface area (Å²) < 4.78 is 10.3. The predicted octanol–water partition coefficient (Wildman–Crippen LogP) is 2.35. The molecule has 0 aliphatic carbocycles. The Bertz CT molecular complexity index is 409. The number of methoxy groups -OCH3 is 1. The highest BCUT2D eigenvalue weighted by atomic mass is 16.5. The van der Waals surface area contributed by atoms with Crippen molar-refractivity contribution in [2.75, 3.05) is 13.7 Å². The average Bonchev–Trinajstić information content (AvgIpc) is 2.25. The van der Waals surface area contributed by atoms with Crippen LogP contribution in [0.1, 0.15) is 17.3 Å². The summed E-state index contributed by atoms with van der Waals surface area (Å²) in [5, 5.41) is 8.95. The van der Waals surface area contributed by atoms with Gasteiger partial charge in [-0.25, -0.2) is 4.79 Å². The molecular formula is C12H14O4. The summed E-state index contributed by atoms with van der Waals surface area (Å²) in [5.74, 6) is -0.184. The van der Waals surface area contributed by atoms with E-state index in [2.05, 4.69) is 6.58 Å². The molecule has 16 heavy (non-hydrogen) atoms. The third-order valence-electron chi connectivity index (χ3n) is 1.89. The van der Waals surface area contributed by atoms with Crippen LogP contribution in [-0.2, 0) is 0 Å². The maximum atomic E-state index is 10.9. The van der Waals surface area contributed by atoms with Crippen molar-refractivity contribution < 1.29 is 19.4 Å². The zero-order chi connectivity index (χ0) is 12.1. The molecule has 1 N–H and O–H groups in total. The molecule has 0 unspecified atom stereocenters. The summed E-state index contributed by atoms with van der Waals surface area (Å²) in [6.07, 6.45) is 0.